The van der Waals surface area contributed by atoms with Crippen LogP contribution in [0, 0.1) is 20.8 Å². The molecule has 0 saturated heterocycles. The third-order valence-electron chi connectivity index (χ3n) is 4.56. The number of hydrogen-bond acceptors (Lipinski definition) is 0. The average Bonchev–Trinajstić information content (AvgIpc) is 2.72. The Morgan fingerprint density at radius 1 is 0.500 bits per heavy atom. The molecule has 0 spiro atoms. The fourth-order valence-corrected chi connectivity index (χ4v) is 2.77. The topological polar surface area (TPSA) is 0 Å². The van der Waals surface area contributed by atoms with Gasteiger partial charge in [-0.25, -0.2) is 0 Å². The summed E-state index contributed by atoms with van der Waals surface area (Å²) < 4.78 is 0. The lowest BCUT2D eigenvalue weighted by Crippen LogP contribution is -1.78. The standard InChI is InChI=1S/C14H14.C7H10.C7H8/c1-11-3-7-13(8-4-11)14-9-5-12(2)6-10-14;2*1-7-5-3-2-4-6-7/h3-10H,1-2H3;3,5-6H,2,4H2,1H3;2-6H,1H3. The molecule has 3 aromatic rings. The highest BCUT2D eigenvalue weighted by Gasteiger charge is 1.95. The van der Waals surface area contributed by atoms with E-state index in [1.807, 2.05) is 18.2 Å². The van der Waals surface area contributed by atoms with Crippen LogP contribution in [-0.4, -0.2) is 0 Å². The van der Waals surface area contributed by atoms with Crippen LogP contribution in [-0.2, 0) is 0 Å². The van der Waals surface area contributed by atoms with Crippen molar-refractivity contribution in [1.82, 2.24) is 0 Å². The van der Waals surface area contributed by atoms with Crippen LogP contribution in [0.3, 0.4) is 0 Å². The van der Waals surface area contributed by atoms with Crippen LogP contribution < -0.4 is 0 Å². The van der Waals surface area contributed by atoms with Gasteiger partial charge < -0.3 is 0 Å². The molecular formula is C28H32. The SMILES string of the molecule is CC1=CCCC=C1.Cc1ccc(-c2ccc(C)cc2)cc1.Cc1ccccc1. The zero-order valence-corrected chi connectivity index (χ0v) is 17.7. The Morgan fingerprint density at radius 3 is 1.25 bits per heavy atom. The van der Waals surface area contributed by atoms with E-state index in [0.717, 1.165) is 0 Å². The van der Waals surface area contributed by atoms with Crippen molar-refractivity contribution >= 4 is 0 Å². The lowest BCUT2D eigenvalue weighted by molar-refractivity contribution is 1.02. The van der Waals surface area contributed by atoms with E-state index in [0.29, 0.717) is 0 Å². The molecule has 0 unspecified atom stereocenters. The average molecular weight is 369 g/mol. The van der Waals surface area contributed by atoms with Crippen molar-refractivity contribution in [2.24, 2.45) is 0 Å². The third kappa shape index (κ3) is 8.22. The molecule has 1 aliphatic rings. The molecule has 0 atom stereocenters. The molecule has 28 heavy (non-hydrogen) atoms. The maximum Gasteiger partial charge on any atom is -0.0184 e. The number of hydrogen-bond donors (Lipinski definition) is 0. The Labute approximate surface area is 171 Å². The van der Waals surface area contributed by atoms with Gasteiger partial charge in [0.15, 0.2) is 0 Å². The van der Waals surface area contributed by atoms with Gasteiger partial charge >= 0.3 is 0 Å². The Hall–Kier alpha value is -2.86. The van der Waals surface area contributed by atoms with Crippen LogP contribution in [0.2, 0.25) is 0 Å². The minimum Gasteiger partial charge on any atom is -0.0840 e. The maximum atomic E-state index is 2.26. The van der Waals surface area contributed by atoms with Gasteiger partial charge in [0.2, 0.25) is 0 Å². The maximum absolute atomic E-state index is 2.26. The van der Waals surface area contributed by atoms with E-state index in [1.165, 1.54) is 46.2 Å². The normalized spacial score (nSPS) is 12.1. The summed E-state index contributed by atoms with van der Waals surface area (Å²) in [7, 11) is 0. The summed E-state index contributed by atoms with van der Waals surface area (Å²) in [5.41, 5.74) is 7.92. The highest BCUT2D eigenvalue weighted by molar-refractivity contribution is 5.63. The van der Waals surface area contributed by atoms with Crippen molar-refractivity contribution in [3.05, 3.63) is 119 Å². The number of allylic oxidation sites excluding steroid dienone is 4. The zero-order chi connectivity index (χ0) is 20.2. The molecule has 0 aromatic heterocycles. The lowest BCUT2D eigenvalue weighted by atomic mass is 10.0. The molecule has 0 heteroatoms. The summed E-state index contributed by atoms with van der Waals surface area (Å²) >= 11 is 0. The molecule has 0 saturated carbocycles. The number of benzene rings is 3. The highest BCUT2D eigenvalue weighted by atomic mass is 14.0. The molecule has 3 aromatic carbocycles. The molecule has 1 aliphatic carbocycles. The van der Waals surface area contributed by atoms with Crippen molar-refractivity contribution in [3.63, 3.8) is 0 Å². The fraction of sp³-hybridized carbons (Fsp3) is 0.214. The molecule has 4 rings (SSSR count). The minimum absolute atomic E-state index is 1.23. The van der Waals surface area contributed by atoms with Crippen LogP contribution in [0.4, 0.5) is 0 Å². The van der Waals surface area contributed by atoms with Crippen LogP contribution >= 0.6 is 0 Å². The summed E-state index contributed by atoms with van der Waals surface area (Å²) in [6, 6.07) is 27.5. The molecule has 0 amide bonds. The van der Waals surface area contributed by atoms with Gasteiger partial charge in [-0.1, -0.05) is 119 Å². The Morgan fingerprint density at radius 2 is 0.964 bits per heavy atom. The van der Waals surface area contributed by atoms with Gasteiger partial charge in [0, 0.05) is 0 Å². The summed E-state index contributed by atoms with van der Waals surface area (Å²) in [5, 5.41) is 0. The van der Waals surface area contributed by atoms with Gasteiger partial charge in [-0.3, -0.25) is 0 Å². The van der Waals surface area contributed by atoms with Crippen LogP contribution in [0.25, 0.3) is 11.1 Å². The fourth-order valence-electron chi connectivity index (χ4n) is 2.77. The van der Waals surface area contributed by atoms with E-state index in [-0.39, 0.29) is 0 Å². The quantitative estimate of drug-likeness (QED) is 0.405. The van der Waals surface area contributed by atoms with E-state index in [2.05, 4.69) is 107 Å². The van der Waals surface area contributed by atoms with Crippen molar-refractivity contribution in [1.29, 1.82) is 0 Å². The van der Waals surface area contributed by atoms with Gasteiger partial charge in [-0.05, 0) is 51.7 Å². The summed E-state index contributed by atoms with van der Waals surface area (Å²) in [4.78, 5) is 0. The summed E-state index contributed by atoms with van der Waals surface area (Å²) in [5.74, 6) is 0. The Kier molecular flexibility index (Phi) is 9.01. The van der Waals surface area contributed by atoms with Crippen molar-refractivity contribution in [2.75, 3.05) is 0 Å². The van der Waals surface area contributed by atoms with E-state index < -0.39 is 0 Å². The Balaban J connectivity index is 0.000000168. The van der Waals surface area contributed by atoms with Crippen LogP contribution in [0.15, 0.2) is 103 Å². The second-order valence-corrected chi connectivity index (χ2v) is 7.31. The second kappa shape index (κ2) is 11.8. The van der Waals surface area contributed by atoms with Crippen molar-refractivity contribution in [2.45, 2.75) is 40.5 Å². The minimum atomic E-state index is 1.23. The van der Waals surface area contributed by atoms with Gasteiger partial charge in [-0.2, -0.15) is 0 Å². The molecule has 0 bridgehead atoms. The van der Waals surface area contributed by atoms with Gasteiger partial charge in [0.25, 0.3) is 0 Å². The monoisotopic (exact) mass is 368 g/mol. The van der Waals surface area contributed by atoms with Crippen molar-refractivity contribution < 1.29 is 0 Å². The molecule has 0 N–H and O–H groups in total. The predicted octanol–water partition coefficient (Wildman–Crippen LogP) is 8.25. The zero-order valence-electron chi connectivity index (χ0n) is 17.7. The van der Waals surface area contributed by atoms with Gasteiger partial charge in [0.05, 0.1) is 0 Å². The third-order valence-corrected chi connectivity index (χ3v) is 4.56. The molecular weight excluding hydrogens is 336 g/mol. The molecule has 0 aliphatic heterocycles. The van der Waals surface area contributed by atoms with E-state index >= 15 is 0 Å². The molecule has 0 fully saturated rings. The van der Waals surface area contributed by atoms with Crippen LogP contribution in [0.1, 0.15) is 36.5 Å². The van der Waals surface area contributed by atoms with E-state index in [1.54, 1.807) is 0 Å². The predicted molar refractivity (Wildman–Crippen MR) is 125 cm³/mol. The largest absolute Gasteiger partial charge is 0.0840 e. The van der Waals surface area contributed by atoms with Gasteiger partial charge in [-0.15, -0.1) is 0 Å². The molecule has 144 valence electrons. The first-order valence-electron chi connectivity index (χ1n) is 10.0. The van der Waals surface area contributed by atoms with Gasteiger partial charge in [0.1, 0.15) is 0 Å². The van der Waals surface area contributed by atoms with Crippen molar-refractivity contribution in [3.8, 4) is 11.1 Å². The first-order valence-corrected chi connectivity index (χ1v) is 10.0. The van der Waals surface area contributed by atoms with Crippen LogP contribution in [0.5, 0.6) is 0 Å². The number of aryl methyl sites for hydroxylation is 3. The summed E-state index contributed by atoms with van der Waals surface area (Å²) in [6.45, 7) is 8.44. The first-order chi connectivity index (χ1) is 13.5. The summed E-state index contributed by atoms with van der Waals surface area (Å²) in [6.07, 6.45) is 9.12. The van der Waals surface area contributed by atoms with E-state index in [4.69, 9.17) is 0 Å². The Bertz CT molecular complexity index is 820. The number of rotatable bonds is 1. The molecule has 0 heterocycles. The van der Waals surface area contributed by atoms with E-state index in [9.17, 15) is 0 Å². The second-order valence-electron chi connectivity index (χ2n) is 7.31. The highest BCUT2D eigenvalue weighted by Crippen LogP contribution is 2.19. The first kappa shape index (κ1) is 21.4. The lowest BCUT2D eigenvalue weighted by Gasteiger charge is -2.02. The molecule has 0 radical (unpaired) electrons. The molecule has 0 nitrogen and oxygen atoms in total. The smallest absolute Gasteiger partial charge is 0.0184 e.